The van der Waals surface area contributed by atoms with E-state index in [0.29, 0.717) is 28.4 Å². The lowest BCUT2D eigenvalue weighted by Crippen LogP contribution is -2.20. The Labute approximate surface area is 135 Å². The number of benzene rings is 1. The van der Waals surface area contributed by atoms with Crippen LogP contribution >= 0.6 is 23.2 Å². The zero-order chi connectivity index (χ0) is 15.8. The summed E-state index contributed by atoms with van der Waals surface area (Å²) in [6.07, 6.45) is 0.0278. The average Bonchev–Trinajstić information content (AvgIpc) is 2.81. The predicted octanol–water partition coefficient (Wildman–Crippen LogP) is 4.93. The van der Waals surface area contributed by atoms with Crippen LogP contribution in [-0.2, 0) is 4.74 Å². The minimum atomic E-state index is -0.148. The summed E-state index contributed by atoms with van der Waals surface area (Å²) < 4.78 is 11.3. The maximum atomic E-state index is 6.27. The first-order valence-corrected chi connectivity index (χ1v) is 7.59. The summed E-state index contributed by atoms with van der Waals surface area (Å²) in [7, 11) is 0. The summed E-state index contributed by atoms with van der Waals surface area (Å²) >= 11 is 12.4. The zero-order valence-electron chi connectivity index (χ0n) is 12.9. The van der Waals surface area contributed by atoms with Gasteiger partial charge in [0.05, 0.1) is 21.8 Å². The molecular formula is C15H20Cl2N2O2. The summed E-state index contributed by atoms with van der Waals surface area (Å²) in [5, 5.41) is 7.20. The molecule has 116 valence electrons. The van der Waals surface area contributed by atoms with Gasteiger partial charge in [0, 0.05) is 11.5 Å². The third kappa shape index (κ3) is 3.74. The highest BCUT2D eigenvalue weighted by Crippen LogP contribution is 2.38. The molecule has 4 nitrogen and oxygen atoms in total. The quantitative estimate of drug-likeness (QED) is 0.787. The molecule has 0 aliphatic carbocycles. The molecule has 0 fully saturated rings. The van der Waals surface area contributed by atoms with Gasteiger partial charge in [-0.3, -0.25) is 0 Å². The molecule has 1 aromatic rings. The van der Waals surface area contributed by atoms with E-state index in [0.717, 1.165) is 5.69 Å². The lowest BCUT2D eigenvalue weighted by atomic mass is 9.97. The Kier molecular flexibility index (Phi) is 4.59. The maximum Gasteiger partial charge on any atom is 0.213 e. The third-order valence-corrected chi connectivity index (χ3v) is 3.42. The van der Waals surface area contributed by atoms with Gasteiger partial charge in [0.2, 0.25) is 5.90 Å². The molecule has 0 amide bonds. The number of nitrogens with zero attached hydrogens (tertiary/aromatic N) is 2. The van der Waals surface area contributed by atoms with E-state index in [9.17, 15) is 0 Å². The zero-order valence-corrected chi connectivity index (χ0v) is 14.4. The molecule has 0 aromatic heterocycles. The van der Waals surface area contributed by atoms with Crippen LogP contribution in [0, 0.1) is 5.41 Å². The molecule has 6 heteroatoms. The number of rotatable bonds is 3. The van der Waals surface area contributed by atoms with Crippen molar-refractivity contribution >= 4 is 34.8 Å². The molecule has 2 rings (SSSR count). The Hall–Kier alpha value is -1.13. The van der Waals surface area contributed by atoms with Gasteiger partial charge in [-0.2, -0.15) is 0 Å². The Morgan fingerprint density at radius 3 is 2.43 bits per heavy atom. The van der Waals surface area contributed by atoms with Gasteiger partial charge in [-0.05, 0) is 19.9 Å². The van der Waals surface area contributed by atoms with Crippen LogP contribution in [0.3, 0.4) is 0 Å². The van der Waals surface area contributed by atoms with Gasteiger partial charge in [-0.25, -0.2) is 5.01 Å². The number of halogens is 2. The number of ether oxygens (including phenoxy) is 2. The molecule has 0 saturated heterocycles. The monoisotopic (exact) mass is 330 g/mol. The molecule has 0 bridgehead atoms. The Morgan fingerprint density at radius 2 is 1.90 bits per heavy atom. The lowest BCUT2D eigenvalue weighted by molar-refractivity contribution is 0.242. The molecule has 0 spiro atoms. The second-order valence-electron chi connectivity index (χ2n) is 6.23. The normalized spacial score (nSPS) is 15.2. The predicted molar refractivity (Wildman–Crippen MR) is 87.5 cm³/mol. The molecule has 1 aliphatic heterocycles. The second-order valence-corrected chi connectivity index (χ2v) is 7.04. The van der Waals surface area contributed by atoms with Crippen LogP contribution in [0.15, 0.2) is 17.2 Å². The maximum absolute atomic E-state index is 6.27. The first-order valence-electron chi connectivity index (χ1n) is 6.83. The first-order chi connectivity index (χ1) is 9.68. The average molecular weight is 331 g/mol. The van der Waals surface area contributed by atoms with Crippen LogP contribution in [0.1, 0.15) is 34.6 Å². The van der Waals surface area contributed by atoms with E-state index in [2.05, 4.69) is 5.10 Å². The number of hydrogen-bond acceptors (Lipinski definition) is 4. The number of hydrazone groups is 1. The third-order valence-electron chi connectivity index (χ3n) is 2.82. The van der Waals surface area contributed by atoms with Crippen molar-refractivity contribution in [3.63, 3.8) is 0 Å². The fraction of sp³-hybridized carbons (Fsp3) is 0.533. The van der Waals surface area contributed by atoms with Gasteiger partial charge in [-0.15, -0.1) is 5.10 Å². The highest BCUT2D eigenvalue weighted by Gasteiger charge is 2.29. The number of hydrogen-bond donors (Lipinski definition) is 0. The SMILES string of the molecule is CC(C)Oc1cc(N2COC(C(C)(C)C)=N2)c(Cl)cc1Cl. The molecule has 1 aromatic carbocycles. The smallest absolute Gasteiger partial charge is 0.213 e. The first kappa shape index (κ1) is 16.2. The fourth-order valence-electron chi connectivity index (χ4n) is 1.84. The molecule has 21 heavy (non-hydrogen) atoms. The minimum absolute atomic E-state index is 0.0278. The molecule has 0 unspecified atom stereocenters. The molecule has 0 saturated carbocycles. The molecule has 0 atom stereocenters. The van der Waals surface area contributed by atoms with E-state index in [1.165, 1.54) is 0 Å². The van der Waals surface area contributed by atoms with Gasteiger partial charge in [0.1, 0.15) is 5.75 Å². The van der Waals surface area contributed by atoms with Gasteiger partial charge in [0.15, 0.2) is 6.73 Å². The molecular weight excluding hydrogens is 311 g/mol. The molecule has 1 heterocycles. The van der Waals surface area contributed by atoms with E-state index in [1.807, 2.05) is 34.6 Å². The standard InChI is InChI=1S/C15H20Cl2N2O2/c1-9(2)21-13-7-12(10(16)6-11(13)17)19-8-20-14(18-19)15(3,4)5/h6-7,9H,8H2,1-5H3. The highest BCUT2D eigenvalue weighted by atomic mass is 35.5. The van der Waals surface area contributed by atoms with E-state index in [4.69, 9.17) is 32.7 Å². The van der Waals surface area contributed by atoms with E-state index in [-0.39, 0.29) is 11.5 Å². The van der Waals surface area contributed by atoms with Crippen molar-refractivity contribution in [2.75, 3.05) is 11.7 Å². The van der Waals surface area contributed by atoms with Crippen molar-refractivity contribution in [1.29, 1.82) is 0 Å². The number of anilines is 1. The van der Waals surface area contributed by atoms with Crippen LogP contribution in [0.4, 0.5) is 5.69 Å². The van der Waals surface area contributed by atoms with Crippen molar-refractivity contribution in [2.24, 2.45) is 10.5 Å². The van der Waals surface area contributed by atoms with Crippen LogP contribution < -0.4 is 9.75 Å². The topological polar surface area (TPSA) is 34.1 Å². The summed E-state index contributed by atoms with van der Waals surface area (Å²) in [6.45, 7) is 10.4. The van der Waals surface area contributed by atoms with Crippen molar-refractivity contribution in [2.45, 2.75) is 40.7 Å². The van der Waals surface area contributed by atoms with Crippen molar-refractivity contribution in [1.82, 2.24) is 0 Å². The van der Waals surface area contributed by atoms with E-state index in [1.54, 1.807) is 17.1 Å². The summed E-state index contributed by atoms with van der Waals surface area (Å²) in [6, 6.07) is 3.46. The second kappa shape index (κ2) is 5.93. The van der Waals surface area contributed by atoms with Crippen LogP contribution in [0.2, 0.25) is 10.0 Å². The van der Waals surface area contributed by atoms with Gasteiger partial charge >= 0.3 is 0 Å². The Bertz CT molecular complexity index is 566. The summed E-state index contributed by atoms with van der Waals surface area (Å²) in [5.74, 6) is 1.27. The van der Waals surface area contributed by atoms with Crippen LogP contribution in [0.5, 0.6) is 5.75 Å². The Balaban J connectivity index is 2.34. The molecule has 0 radical (unpaired) electrons. The van der Waals surface area contributed by atoms with Crippen molar-refractivity contribution in [3.8, 4) is 5.75 Å². The summed E-state index contributed by atoms with van der Waals surface area (Å²) in [5.41, 5.74) is 0.571. The Morgan fingerprint density at radius 1 is 1.24 bits per heavy atom. The van der Waals surface area contributed by atoms with Gasteiger partial charge < -0.3 is 9.47 Å². The largest absolute Gasteiger partial charge is 0.489 e. The fourth-order valence-corrected chi connectivity index (χ4v) is 2.37. The van der Waals surface area contributed by atoms with E-state index < -0.39 is 0 Å². The lowest BCUT2D eigenvalue weighted by Gasteiger charge is -2.17. The summed E-state index contributed by atoms with van der Waals surface area (Å²) in [4.78, 5) is 0. The van der Waals surface area contributed by atoms with Crippen molar-refractivity contribution < 1.29 is 9.47 Å². The van der Waals surface area contributed by atoms with Crippen molar-refractivity contribution in [3.05, 3.63) is 22.2 Å². The highest BCUT2D eigenvalue weighted by molar-refractivity contribution is 6.37. The van der Waals surface area contributed by atoms with E-state index >= 15 is 0 Å². The van der Waals surface area contributed by atoms with Crippen LogP contribution in [0.25, 0.3) is 0 Å². The van der Waals surface area contributed by atoms with Crippen LogP contribution in [-0.4, -0.2) is 18.7 Å². The molecule has 1 aliphatic rings. The molecule has 0 N–H and O–H groups in total. The van der Waals surface area contributed by atoms with Gasteiger partial charge in [0.25, 0.3) is 0 Å². The minimum Gasteiger partial charge on any atom is -0.489 e. The van der Waals surface area contributed by atoms with Gasteiger partial charge in [-0.1, -0.05) is 44.0 Å².